The van der Waals surface area contributed by atoms with Crippen molar-refractivity contribution in [1.82, 2.24) is 15.1 Å². The van der Waals surface area contributed by atoms with Gasteiger partial charge in [-0.2, -0.15) is 0 Å². The molecule has 7 heteroatoms. The molecule has 0 amide bonds. The smallest absolute Gasteiger partial charge is 0.306 e. The summed E-state index contributed by atoms with van der Waals surface area (Å²) in [6.07, 6.45) is 1.23. The fraction of sp³-hybridized carbons (Fsp3) is 0.182. The first-order chi connectivity index (χ1) is 14.2. The summed E-state index contributed by atoms with van der Waals surface area (Å²) in [4.78, 5) is 31.2. The van der Waals surface area contributed by atoms with Crippen molar-refractivity contribution in [1.29, 1.82) is 0 Å². The highest BCUT2D eigenvalue weighted by molar-refractivity contribution is 5.77. The van der Waals surface area contributed by atoms with Crippen molar-refractivity contribution >= 4 is 16.9 Å². The van der Waals surface area contributed by atoms with E-state index >= 15 is 0 Å². The van der Waals surface area contributed by atoms with Gasteiger partial charge in [0.05, 0.1) is 10.9 Å². The maximum atomic E-state index is 12.1. The predicted octanol–water partition coefficient (Wildman–Crippen LogP) is 3.64. The molecule has 146 valence electrons. The van der Waals surface area contributed by atoms with E-state index in [-0.39, 0.29) is 24.6 Å². The molecule has 2 aromatic heterocycles. The van der Waals surface area contributed by atoms with Crippen LogP contribution in [-0.2, 0) is 22.6 Å². The number of ether oxygens (including phenoxy) is 1. The molecule has 29 heavy (non-hydrogen) atoms. The number of rotatable bonds is 7. The highest BCUT2D eigenvalue weighted by Gasteiger charge is 2.10. The number of carbonyl (C=O) groups excluding carboxylic acids is 1. The van der Waals surface area contributed by atoms with E-state index in [2.05, 4.69) is 15.1 Å². The zero-order chi connectivity index (χ0) is 20.1. The van der Waals surface area contributed by atoms with Crippen LogP contribution in [0, 0.1) is 0 Å². The Kier molecular flexibility index (Phi) is 5.47. The van der Waals surface area contributed by atoms with Crippen LogP contribution in [0.15, 0.2) is 70.0 Å². The average Bonchev–Trinajstić information content (AvgIpc) is 3.22. The number of para-hydroxylation sites is 1. The van der Waals surface area contributed by atoms with Gasteiger partial charge in [0.2, 0.25) is 0 Å². The molecule has 0 aliphatic carbocycles. The van der Waals surface area contributed by atoms with Crippen molar-refractivity contribution in [2.45, 2.75) is 25.9 Å². The first-order valence-electron chi connectivity index (χ1n) is 9.33. The number of fused-ring (bicyclic) bond motifs is 1. The lowest BCUT2D eigenvalue weighted by molar-refractivity contribution is -0.145. The Labute approximate surface area is 166 Å². The van der Waals surface area contributed by atoms with Crippen molar-refractivity contribution in [3.8, 4) is 11.3 Å². The van der Waals surface area contributed by atoms with Crippen molar-refractivity contribution in [3.05, 3.63) is 82.5 Å². The first kappa shape index (κ1) is 18.6. The summed E-state index contributed by atoms with van der Waals surface area (Å²) in [5.74, 6) is 0.853. The van der Waals surface area contributed by atoms with E-state index in [9.17, 15) is 9.59 Å². The topological polar surface area (TPSA) is 98.1 Å². The monoisotopic (exact) mass is 389 g/mol. The average molecular weight is 389 g/mol. The number of aromatic amines is 1. The summed E-state index contributed by atoms with van der Waals surface area (Å²) in [6, 6.07) is 18.5. The minimum atomic E-state index is -0.336. The van der Waals surface area contributed by atoms with Crippen LogP contribution in [0.25, 0.3) is 22.2 Å². The molecule has 0 saturated heterocycles. The molecule has 0 radical (unpaired) electrons. The zero-order valence-corrected chi connectivity index (χ0v) is 15.6. The lowest BCUT2D eigenvalue weighted by Crippen LogP contribution is -2.12. The number of esters is 1. The quantitative estimate of drug-likeness (QED) is 0.485. The Morgan fingerprint density at radius 3 is 2.72 bits per heavy atom. The molecule has 4 rings (SSSR count). The Bertz CT molecular complexity index is 1180. The van der Waals surface area contributed by atoms with Gasteiger partial charge in [-0.25, -0.2) is 4.98 Å². The number of nitrogens with zero attached hydrogens (tertiary/aromatic N) is 2. The van der Waals surface area contributed by atoms with Crippen molar-refractivity contribution in [2.75, 3.05) is 0 Å². The highest BCUT2D eigenvalue weighted by Crippen LogP contribution is 2.20. The molecule has 7 nitrogen and oxygen atoms in total. The minimum absolute atomic E-state index is 0.0558. The van der Waals surface area contributed by atoms with Gasteiger partial charge < -0.3 is 14.2 Å². The number of hydrogen-bond donors (Lipinski definition) is 1. The fourth-order valence-corrected chi connectivity index (χ4v) is 3.00. The van der Waals surface area contributed by atoms with Crippen LogP contribution in [0.4, 0.5) is 0 Å². The maximum Gasteiger partial charge on any atom is 0.306 e. The van der Waals surface area contributed by atoms with Crippen molar-refractivity contribution in [2.24, 2.45) is 0 Å². The Morgan fingerprint density at radius 1 is 1.07 bits per heavy atom. The minimum Gasteiger partial charge on any atom is -0.459 e. The summed E-state index contributed by atoms with van der Waals surface area (Å²) >= 11 is 0. The second-order valence-corrected chi connectivity index (χ2v) is 6.59. The van der Waals surface area contributed by atoms with E-state index in [0.717, 1.165) is 5.56 Å². The number of aromatic nitrogens is 3. The van der Waals surface area contributed by atoms with Crippen LogP contribution in [-0.4, -0.2) is 21.1 Å². The summed E-state index contributed by atoms with van der Waals surface area (Å²) in [5.41, 5.74) is 1.94. The molecule has 0 aliphatic heterocycles. The third kappa shape index (κ3) is 4.57. The van der Waals surface area contributed by atoms with Crippen molar-refractivity contribution in [3.63, 3.8) is 0 Å². The standard InChI is InChI=1S/C22H19N3O4/c26-21(28-14-16-13-19(29-25-16)15-7-2-1-3-8-15)12-6-11-20-23-18-10-5-4-9-17(18)22(27)24-20/h1-5,7-10,13H,6,11-12,14H2,(H,23,24,27). The van der Waals surface area contributed by atoms with E-state index < -0.39 is 0 Å². The molecule has 0 saturated carbocycles. The van der Waals surface area contributed by atoms with Crippen LogP contribution in [0.1, 0.15) is 24.4 Å². The second-order valence-electron chi connectivity index (χ2n) is 6.59. The van der Waals surface area contributed by atoms with Crippen molar-refractivity contribution < 1.29 is 14.1 Å². The largest absolute Gasteiger partial charge is 0.459 e. The number of hydrogen-bond acceptors (Lipinski definition) is 6. The Hall–Kier alpha value is -3.74. The van der Waals surface area contributed by atoms with Crippen LogP contribution >= 0.6 is 0 Å². The van der Waals surface area contributed by atoms with E-state index in [1.807, 2.05) is 36.4 Å². The van der Waals surface area contributed by atoms with Crippen LogP contribution < -0.4 is 5.56 Å². The highest BCUT2D eigenvalue weighted by atomic mass is 16.5. The SMILES string of the molecule is O=C(CCCc1nc2ccccc2c(=O)[nH]1)OCc1cc(-c2ccccc2)on1. The number of H-pyrrole nitrogens is 1. The van der Waals surface area contributed by atoms with Gasteiger partial charge in [-0.15, -0.1) is 0 Å². The number of carbonyl (C=O) groups is 1. The van der Waals surface area contributed by atoms with Gasteiger partial charge in [-0.05, 0) is 18.6 Å². The molecule has 0 spiro atoms. The Morgan fingerprint density at radius 2 is 1.86 bits per heavy atom. The van der Waals surface area contributed by atoms with E-state index in [4.69, 9.17) is 9.26 Å². The molecule has 2 heterocycles. The maximum absolute atomic E-state index is 12.1. The molecular formula is C22H19N3O4. The molecule has 0 bridgehead atoms. The molecule has 0 fully saturated rings. The normalized spacial score (nSPS) is 10.9. The third-order valence-electron chi connectivity index (χ3n) is 4.45. The molecule has 0 atom stereocenters. The van der Waals surface area contributed by atoms with Gasteiger partial charge in [0.25, 0.3) is 5.56 Å². The van der Waals surface area contributed by atoms with Gasteiger partial charge in [0, 0.05) is 24.5 Å². The number of benzene rings is 2. The van der Waals surface area contributed by atoms with Crippen LogP contribution in [0.2, 0.25) is 0 Å². The summed E-state index contributed by atoms with van der Waals surface area (Å²) in [7, 11) is 0. The summed E-state index contributed by atoms with van der Waals surface area (Å²) in [6.45, 7) is 0.0558. The fourth-order valence-electron chi connectivity index (χ4n) is 3.00. The molecule has 0 aliphatic rings. The second kappa shape index (κ2) is 8.52. The Balaban J connectivity index is 1.27. The molecule has 1 N–H and O–H groups in total. The van der Waals surface area contributed by atoms with Crippen LogP contribution in [0.5, 0.6) is 0 Å². The zero-order valence-electron chi connectivity index (χ0n) is 15.6. The lowest BCUT2D eigenvalue weighted by atomic mass is 10.2. The summed E-state index contributed by atoms with van der Waals surface area (Å²) in [5, 5.41) is 4.48. The molecular weight excluding hydrogens is 370 g/mol. The number of nitrogens with one attached hydrogen (secondary N) is 1. The predicted molar refractivity (Wildman–Crippen MR) is 107 cm³/mol. The first-order valence-corrected chi connectivity index (χ1v) is 9.33. The van der Waals surface area contributed by atoms with Gasteiger partial charge in [-0.3, -0.25) is 9.59 Å². The van der Waals surface area contributed by atoms with E-state index in [1.54, 1.807) is 24.3 Å². The van der Waals surface area contributed by atoms with Gasteiger partial charge in [-0.1, -0.05) is 47.6 Å². The van der Waals surface area contributed by atoms with Gasteiger partial charge >= 0.3 is 5.97 Å². The summed E-state index contributed by atoms with van der Waals surface area (Å²) < 4.78 is 10.5. The van der Waals surface area contributed by atoms with E-state index in [1.165, 1.54) is 0 Å². The molecule has 4 aromatic rings. The number of aryl methyl sites for hydroxylation is 1. The molecule has 2 aromatic carbocycles. The van der Waals surface area contributed by atoms with E-state index in [0.29, 0.717) is 41.0 Å². The lowest BCUT2D eigenvalue weighted by Gasteiger charge is -2.04. The molecule has 0 unspecified atom stereocenters. The van der Waals surface area contributed by atoms with Gasteiger partial charge in [0.15, 0.2) is 5.76 Å². The van der Waals surface area contributed by atoms with Gasteiger partial charge in [0.1, 0.15) is 18.1 Å². The third-order valence-corrected chi connectivity index (χ3v) is 4.45. The van der Waals surface area contributed by atoms with Crippen LogP contribution in [0.3, 0.4) is 0 Å².